The summed E-state index contributed by atoms with van der Waals surface area (Å²) in [4.78, 5) is 46.2. The number of aliphatic hydroxyl groups excluding tert-OH is 2. The van der Waals surface area contributed by atoms with Crippen LogP contribution in [0.25, 0.3) is 44.8 Å². The number of aromatic amines is 2. The van der Waals surface area contributed by atoms with Gasteiger partial charge in [0.25, 0.3) is 0 Å². The molecule has 4 aliphatic heterocycles. The monoisotopic (exact) mass is 1080 g/mol. The van der Waals surface area contributed by atoms with Gasteiger partial charge in [0.15, 0.2) is 11.3 Å². The molecule has 6 aromatic rings. The van der Waals surface area contributed by atoms with Crippen molar-refractivity contribution in [2.75, 3.05) is 75.6 Å². The number of hydrogen-bond donors (Lipinski definition) is 4. The highest BCUT2D eigenvalue weighted by atomic mass is 19.1. The largest absolute Gasteiger partial charge is 0.396 e. The lowest BCUT2D eigenvalue weighted by molar-refractivity contribution is 0.0332. The van der Waals surface area contributed by atoms with E-state index >= 15 is 0 Å². The molecule has 10 rings (SSSR count). The summed E-state index contributed by atoms with van der Waals surface area (Å²) in [5.41, 5.74) is 7.07. The van der Waals surface area contributed by atoms with Crippen LogP contribution in [-0.2, 0) is 9.47 Å². The Labute approximate surface area is 461 Å². The number of nitrogens with one attached hydrogen (secondary N) is 2. The van der Waals surface area contributed by atoms with Crippen molar-refractivity contribution >= 4 is 58.0 Å². The first-order chi connectivity index (χ1) is 37.9. The molecular formula is C60H88F2N12O4. The molecule has 18 heteroatoms. The van der Waals surface area contributed by atoms with Crippen LogP contribution in [-0.4, -0.2) is 128 Å². The van der Waals surface area contributed by atoms with Crippen LogP contribution in [0.4, 0.5) is 32.1 Å². The number of aromatic nitrogens is 8. The highest BCUT2D eigenvalue weighted by Crippen LogP contribution is 2.35. The number of rotatable bonds is 12. The van der Waals surface area contributed by atoms with Crippen LogP contribution >= 0.6 is 0 Å². The number of H-pyrrole nitrogens is 2. The van der Waals surface area contributed by atoms with Gasteiger partial charge in [0.1, 0.15) is 34.1 Å². The Bertz CT molecular complexity index is 2620. The molecule has 0 spiro atoms. The van der Waals surface area contributed by atoms with Gasteiger partial charge in [-0.25, -0.2) is 28.7 Å². The Morgan fingerprint density at radius 3 is 1.33 bits per heavy atom. The summed E-state index contributed by atoms with van der Waals surface area (Å²) < 4.78 is 39.9. The molecule has 16 nitrogen and oxygen atoms in total. The van der Waals surface area contributed by atoms with Crippen LogP contribution in [0.2, 0.25) is 0 Å². The number of halogens is 2. The number of piperidine rings is 2. The maximum absolute atomic E-state index is 14.5. The molecule has 426 valence electrons. The van der Waals surface area contributed by atoms with Crippen LogP contribution in [0.3, 0.4) is 0 Å². The summed E-state index contributed by atoms with van der Waals surface area (Å²) in [6.07, 6.45) is 17.9. The van der Waals surface area contributed by atoms with E-state index < -0.39 is 0 Å². The molecule has 4 fully saturated rings. The molecule has 0 aliphatic carbocycles. The molecule has 4 unspecified atom stereocenters. The molecule has 4 saturated heterocycles. The Morgan fingerprint density at radius 1 is 0.628 bits per heavy atom. The topological polar surface area (TPSA) is 199 Å². The first-order valence-electron chi connectivity index (χ1n) is 28.8. The third-order valence-electron chi connectivity index (χ3n) is 15.9. The second-order valence-electron chi connectivity index (χ2n) is 20.9. The van der Waals surface area contributed by atoms with Crippen molar-refractivity contribution in [1.29, 1.82) is 0 Å². The first kappa shape index (κ1) is 61.4. The number of fused-ring (bicyclic) bond motifs is 2. The minimum Gasteiger partial charge on any atom is -0.396 e. The number of nitrogens with zero attached hydrogens (tertiary/aromatic N) is 10. The van der Waals surface area contributed by atoms with E-state index in [2.05, 4.69) is 77.4 Å². The lowest BCUT2D eigenvalue weighted by atomic mass is 9.88. The van der Waals surface area contributed by atoms with Crippen molar-refractivity contribution in [1.82, 2.24) is 39.9 Å². The van der Waals surface area contributed by atoms with Crippen molar-refractivity contribution in [3.05, 3.63) is 59.7 Å². The van der Waals surface area contributed by atoms with E-state index in [1.807, 2.05) is 26.0 Å². The van der Waals surface area contributed by atoms with E-state index in [1.165, 1.54) is 50.7 Å². The highest BCUT2D eigenvalue weighted by molar-refractivity contribution is 5.90. The van der Waals surface area contributed by atoms with Crippen molar-refractivity contribution in [2.24, 2.45) is 45.5 Å². The maximum atomic E-state index is 14.5. The Kier molecular flexibility index (Phi) is 24.5. The second-order valence-corrected chi connectivity index (χ2v) is 20.9. The minimum atomic E-state index is -0.324. The van der Waals surface area contributed by atoms with Gasteiger partial charge < -0.3 is 39.5 Å². The third kappa shape index (κ3) is 16.2. The van der Waals surface area contributed by atoms with Gasteiger partial charge in [-0.1, -0.05) is 54.4 Å². The summed E-state index contributed by atoms with van der Waals surface area (Å²) in [7, 11) is 0. The third-order valence-corrected chi connectivity index (χ3v) is 15.9. The molecule has 0 bridgehead atoms. The van der Waals surface area contributed by atoms with Gasteiger partial charge in [0.2, 0.25) is 11.9 Å². The van der Waals surface area contributed by atoms with Crippen LogP contribution in [0.5, 0.6) is 0 Å². The van der Waals surface area contributed by atoms with Crippen molar-refractivity contribution in [2.45, 2.75) is 133 Å². The van der Waals surface area contributed by atoms with Gasteiger partial charge in [0.05, 0.1) is 24.0 Å². The Morgan fingerprint density at radius 2 is 1.01 bits per heavy atom. The maximum Gasteiger partial charge on any atom is 0.228 e. The average Bonchev–Trinajstić information content (AvgIpc) is 4.20. The summed E-state index contributed by atoms with van der Waals surface area (Å²) in [6.45, 7) is 27.7. The molecule has 8 heterocycles. The van der Waals surface area contributed by atoms with Gasteiger partial charge >= 0.3 is 0 Å². The highest BCUT2D eigenvalue weighted by Gasteiger charge is 2.26. The predicted octanol–water partition coefficient (Wildman–Crippen LogP) is 12.7. The van der Waals surface area contributed by atoms with Crippen LogP contribution < -0.4 is 9.80 Å². The normalized spacial score (nSPS) is 19.1. The number of anilines is 2. The SMILES string of the molecule is CC.CC=Nc1cc(-c2nc(N3CCC(CO)CC3)nc3nc[nH]c23)cc(F)c1C.CC=Nc1cc(-c2nc(N3CCC(CO)CC3)nc3nc[nH]c23)cc(F)c1C.CCC(C)C1CCCOC1.CCC(C)C1CCCOC1. The molecule has 4 aliphatic rings. The zero-order valence-corrected chi connectivity index (χ0v) is 48.2. The van der Waals surface area contributed by atoms with Gasteiger partial charge in [-0.05, 0) is 139 Å². The fourth-order valence-corrected chi connectivity index (χ4v) is 10.2. The molecule has 0 saturated carbocycles. The van der Waals surface area contributed by atoms with Gasteiger partial charge in [-0.2, -0.15) is 9.97 Å². The van der Waals surface area contributed by atoms with E-state index in [0.717, 1.165) is 102 Å². The molecule has 78 heavy (non-hydrogen) atoms. The van der Waals surface area contributed by atoms with E-state index in [4.69, 9.17) is 19.4 Å². The number of ether oxygens (including phenoxy) is 2. The molecule has 0 amide bonds. The lowest BCUT2D eigenvalue weighted by Crippen LogP contribution is -2.35. The van der Waals surface area contributed by atoms with Crippen molar-refractivity contribution in [3.8, 4) is 22.5 Å². The van der Waals surface area contributed by atoms with Gasteiger partial charge in [0, 0.05) is 101 Å². The van der Waals surface area contributed by atoms with E-state index in [9.17, 15) is 19.0 Å². The summed E-state index contributed by atoms with van der Waals surface area (Å²) in [5.74, 6) is 4.57. The molecular weight excluding hydrogens is 991 g/mol. The molecule has 0 radical (unpaired) electrons. The molecule has 4 aromatic heterocycles. The van der Waals surface area contributed by atoms with Crippen LogP contribution in [0.1, 0.15) is 131 Å². The first-order valence-corrected chi connectivity index (χ1v) is 28.8. The average molecular weight is 1080 g/mol. The molecule has 4 N–H and O–H groups in total. The zero-order chi connectivity index (χ0) is 56.1. The van der Waals surface area contributed by atoms with Crippen LogP contribution in [0, 0.1) is 61.0 Å². The Balaban J connectivity index is 0.000000183. The number of hydrogen-bond acceptors (Lipinski definition) is 14. The minimum absolute atomic E-state index is 0.210. The molecule has 4 atom stereocenters. The smallest absolute Gasteiger partial charge is 0.228 e. The Hall–Kier alpha value is -5.82. The van der Waals surface area contributed by atoms with Crippen molar-refractivity contribution in [3.63, 3.8) is 0 Å². The van der Waals surface area contributed by atoms with Gasteiger partial charge in [-0.15, -0.1) is 0 Å². The van der Waals surface area contributed by atoms with E-state index in [-0.39, 0.29) is 24.8 Å². The summed E-state index contributed by atoms with van der Waals surface area (Å²) in [5, 5.41) is 18.7. The summed E-state index contributed by atoms with van der Waals surface area (Å²) in [6, 6.07) is 6.63. The predicted molar refractivity (Wildman–Crippen MR) is 313 cm³/mol. The quantitative estimate of drug-likeness (QED) is 0.0847. The fourth-order valence-electron chi connectivity index (χ4n) is 10.2. The van der Waals surface area contributed by atoms with E-state index in [1.54, 1.807) is 52.8 Å². The van der Waals surface area contributed by atoms with E-state index in [0.29, 0.717) is 91.1 Å². The second kappa shape index (κ2) is 31.1. The lowest BCUT2D eigenvalue weighted by Gasteiger charge is -2.31. The molecule has 2 aromatic carbocycles. The number of aliphatic hydroxyl groups is 2. The summed E-state index contributed by atoms with van der Waals surface area (Å²) >= 11 is 0. The van der Waals surface area contributed by atoms with Gasteiger partial charge in [-0.3, -0.25) is 9.98 Å². The standard InChI is InChI=1S/2C20H23FN6O.2C9H18O.C2H6/c2*1-3-22-16-9-14(8-15(21)12(16)2)17-18-19(24-11-23-18)26-20(25-17)27-6-4-13(10-28)5-7-27;2*1-3-8(2)9-5-4-6-10-7-9;1-2/h2*3,8-9,11,13,28H,4-7,10H2,1-2H3,(H,23,24,25,26);2*8-9H,3-7H2,1-2H3;1-2H3. The fraction of sp³-hybridized carbons (Fsp3) is 0.600. The number of imidazole rings is 2. The van der Waals surface area contributed by atoms with Crippen molar-refractivity contribution < 1.29 is 28.5 Å². The number of aliphatic imine (C=N–C) groups is 2. The van der Waals surface area contributed by atoms with Crippen LogP contribution in [0.15, 0.2) is 46.9 Å². The number of benzene rings is 2. The zero-order valence-electron chi connectivity index (χ0n) is 48.2.